The summed E-state index contributed by atoms with van der Waals surface area (Å²) in [6, 6.07) is 7.21. The van der Waals surface area contributed by atoms with Crippen molar-refractivity contribution in [2.24, 2.45) is 0 Å². The first kappa shape index (κ1) is 28.2. The number of esters is 1. The second-order valence-corrected chi connectivity index (χ2v) is 11.7. The number of carbonyl (C=O) groups is 1. The number of ether oxygens (including phenoxy) is 2. The number of halogens is 1. The number of nitrogen functional groups attached to an aromatic ring is 1. The molecule has 3 aromatic rings. The van der Waals surface area contributed by atoms with Gasteiger partial charge in [0.15, 0.2) is 17.7 Å². The van der Waals surface area contributed by atoms with Gasteiger partial charge in [-0.15, -0.1) is 11.6 Å². The van der Waals surface area contributed by atoms with Gasteiger partial charge in [-0.05, 0) is 39.8 Å². The van der Waals surface area contributed by atoms with Gasteiger partial charge in [-0.25, -0.2) is 19.5 Å². The van der Waals surface area contributed by atoms with E-state index in [0.29, 0.717) is 11.2 Å². The van der Waals surface area contributed by atoms with Crippen molar-refractivity contribution in [1.82, 2.24) is 24.6 Å². The standard InChI is InChI=1S/C23H30ClN6O7P/c1-13(2)34-21(32)14(3)29-38(33,36-15-8-6-5-7-9-15)37-18-16(10-31)35-22(23(18,4)24)30-12-28-17-19(25)26-11-27-20(17)30/h5-9,11-14,16,18,22,31H,10H2,1-4H3,(H,29,33)(H2,25,26,27)/t14-,16+,18+,22+,23+,38?/m0/s1. The largest absolute Gasteiger partial charge is 0.462 e. The van der Waals surface area contributed by atoms with Crippen LogP contribution in [0.4, 0.5) is 5.82 Å². The van der Waals surface area contributed by atoms with Gasteiger partial charge in [-0.1, -0.05) is 18.2 Å². The number of imidazole rings is 1. The predicted octanol–water partition coefficient (Wildman–Crippen LogP) is 2.80. The van der Waals surface area contributed by atoms with E-state index in [4.69, 9.17) is 35.9 Å². The van der Waals surface area contributed by atoms with Crippen molar-refractivity contribution < 1.29 is 33.0 Å². The number of rotatable bonds is 10. The molecule has 0 bridgehead atoms. The number of aromatic nitrogens is 4. The summed E-state index contributed by atoms with van der Waals surface area (Å²) in [5.74, 6) is -0.273. The number of benzene rings is 1. The molecule has 6 atom stereocenters. The van der Waals surface area contributed by atoms with Crippen LogP contribution in [-0.2, 0) is 23.4 Å². The lowest BCUT2D eigenvalue weighted by Crippen LogP contribution is -2.44. The molecule has 1 aromatic carbocycles. The van der Waals surface area contributed by atoms with Crippen molar-refractivity contribution >= 4 is 42.3 Å². The molecule has 1 fully saturated rings. The minimum absolute atomic E-state index is 0.168. The van der Waals surface area contributed by atoms with E-state index < -0.39 is 49.7 Å². The number of carbonyl (C=O) groups excluding carboxylic acids is 1. The van der Waals surface area contributed by atoms with Crippen molar-refractivity contribution in [3.05, 3.63) is 43.0 Å². The Bertz CT molecular complexity index is 1320. The number of nitrogens with one attached hydrogen (secondary N) is 1. The highest BCUT2D eigenvalue weighted by Gasteiger charge is 2.57. The Morgan fingerprint density at radius 1 is 1.29 bits per heavy atom. The minimum Gasteiger partial charge on any atom is -0.462 e. The molecule has 1 aliphatic rings. The Labute approximate surface area is 224 Å². The number of nitrogens with two attached hydrogens (primary N) is 1. The van der Waals surface area contributed by atoms with Gasteiger partial charge in [0.2, 0.25) is 0 Å². The van der Waals surface area contributed by atoms with Crippen LogP contribution < -0.4 is 15.3 Å². The first-order chi connectivity index (χ1) is 17.9. The van der Waals surface area contributed by atoms with Crippen molar-refractivity contribution in [2.45, 2.75) is 63.2 Å². The normalized spacial score (nSPS) is 25.8. The monoisotopic (exact) mass is 568 g/mol. The zero-order valence-electron chi connectivity index (χ0n) is 21.2. The zero-order valence-corrected chi connectivity index (χ0v) is 22.9. The van der Waals surface area contributed by atoms with Gasteiger partial charge in [-0.2, -0.15) is 5.09 Å². The van der Waals surface area contributed by atoms with Gasteiger partial charge in [-0.3, -0.25) is 13.9 Å². The van der Waals surface area contributed by atoms with Gasteiger partial charge in [0.1, 0.15) is 40.7 Å². The number of anilines is 1. The summed E-state index contributed by atoms with van der Waals surface area (Å²) >= 11 is 7.00. The van der Waals surface area contributed by atoms with Crippen molar-refractivity contribution in [1.29, 1.82) is 0 Å². The first-order valence-corrected chi connectivity index (χ1v) is 13.8. The summed E-state index contributed by atoms with van der Waals surface area (Å²) in [5.41, 5.74) is 6.59. The topological polar surface area (TPSA) is 173 Å². The third kappa shape index (κ3) is 5.78. The van der Waals surface area contributed by atoms with Crippen LogP contribution in [0.15, 0.2) is 43.0 Å². The number of fused-ring (bicyclic) bond motifs is 1. The molecule has 2 aromatic heterocycles. The maximum atomic E-state index is 14.1. The van der Waals surface area contributed by atoms with Crippen LogP contribution in [0.5, 0.6) is 5.75 Å². The van der Waals surface area contributed by atoms with Crippen LogP contribution in [0.2, 0.25) is 0 Å². The average molecular weight is 569 g/mol. The Morgan fingerprint density at radius 2 is 2.00 bits per heavy atom. The van der Waals surface area contributed by atoms with Crippen molar-refractivity contribution in [3.8, 4) is 5.75 Å². The van der Waals surface area contributed by atoms with E-state index in [1.807, 2.05) is 0 Å². The number of alkyl halides is 1. The third-order valence-electron chi connectivity index (χ3n) is 5.78. The molecule has 0 saturated carbocycles. The van der Waals surface area contributed by atoms with Gasteiger partial charge >= 0.3 is 13.7 Å². The summed E-state index contributed by atoms with van der Waals surface area (Å²) in [6.45, 7) is 5.93. The van der Waals surface area contributed by atoms with E-state index in [0.717, 1.165) is 0 Å². The number of nitrogens with zero attached hydrogens (tertiary/aromatic N) is 4. The van der Waals surface area contributed by atoms with E-state index >= 15 is 0 Å². The number of aliphatic hydroxyl groups is 1. The molecule has 15 heteroatoms. The van der Waals surface area contributed by atoms with Crippen LogP contribution in [0.1, 0.15) is 33.9 Å². The highest BCUT2D eigenvalue weighted by atomic mass is 35.5. The minimum atomic E-state index is -4.33. The van der Waals surface area contributed by atoms with Crippen LogP contribution in [0.25, 0.3) is 11.2 Å². The molecule has 38 heavy (non-hydrogen) atoms. The maximum Gasteiger partial charge on any atom is 0.459 e. The van der Waals surface area contributed by atoms with Gasteiger partial charge in [0, 0.05) is 0 Å². The Balaban J connectivity index is 1.67. The number of hydrogen-bond donors (Lipinski definition) is 3. The summed E-state index contributed by atoms with van der Waals surface area (Å²) in [7, 11) is -4.33. The molecule has 4 rings (SSSR count). The van der Waals surface area contributed by atoms with E-state index in [-0.39, 0.29) is 17.7 Å². The number of aliphatic hydroxyl groups excluding tert-OH is 1. The second-order valence-electron chi connectivity index (χ2n) is 9.21. The van der Waals surface area contributed by atoms with E-state index in [1.165, 1.54) is 24.1 Å². The fraction of sp³-hybridized carbons (Fsp3) is 0.478. The van der Waals surface area contributed by atoms with Crippen LogP contribution in [0, 0.1) is 0 Å². The summed E-state index contributed by atoms with van der Waals surface area (Å²) in [6.07, 6.45) is -0.882. The van der Waals surface area contributed by atoms with Gasteiger partial charge in [0.25, 0.3) is 0 Å². The molecule has 4 N–H and O–H groups in total. The highest BCUT2D eigenvalue weighted by Crippen LogP contribution is 2.54. The summed E-state index contributed by atoms with van der Waals surface area (Å²) in [4.78, 5) is 23.5. The molecule has 1 saturated heterocycles. The average Bonchev–Trinajstić information content (AvgIpc) is 3.38. The predicted molar refractivity (Wildman–Crippen MR) is 138 cm³/mol. The molecular weight excluding hydrogens is 539 g/mol. The Kier molecular flexibility index (Phi) is 8.26. The van der Waals surface area contributed by atoms with Crippen LogP contribution in [0.3, 0.4) is 0 Å². The maximum absolute atomic E-state index is 14.1. The lowest BCUT2D eigenvalue weighted by atomic mass is 10.0. The molecule has 206 valence electrons. The SMILES string of the molecule is CC(C)OC(=O)[C@H](C)NP(=O)(Oc1ccccc1)O[C@@H]1[C@@H](CO)O[C@@H](n2cnc3c(N)ncnc32)[C@]1(C)Cl. The van der Waals surface area contributed by atoms with E-state index in [9.17, 15) is 14.5 Å². The molecule has 0 aliphatic carbocycles. The lowest BCUT2D eigenvalue weighted by molar-refractivity contribution is -0.149. The molecule has 1 unspecified atom stereocenters. The summed E-state index contributed by atoms with van der Waals surface area (Å²) in [5, 5.41) is 12.8. The van der Waals surface area contributed by atoms with Crippen LogP contribution in [-0.4, -0.2) is 66.4 Å². The number of para-hydroxylation sites is 1. The Morgan fingerprint density at radius 3 is 2.66 bits per heavy atom. The molecule has 1 aliphatic heterocycles. The smallest absolute Gasteiger partial charge is 0.459 e. The van der Waals surface area contributed by atoms with Gasteiger partial charge < -0.3 is 24.8 Å². The van der Waals surface area contributed by atoms with Crippen LogP contribution >= 0.6 is 19.3 Å². The molecule has 13 nitrogen and oxygen atoms in total. The molecule has 3 heterocycles. The second kappa shape index (κ2) is 11.1. The molecule has 0 amide bonds. The van der Waals surface area contributed by atoms with E-state index in [1.54, 1.807) is 51.1 Å². The van der Waals surface area contributed by atoms with Crippen molar-refractivity contribution in [2.75, 3.05) is 12.3 Å². The fourth-order valence-electron chi connectivity index (χ4n) is 4.04. The molecule has 0 radical (unpaired) electrons. The summed E-state index contributed by atoms with van der Waals surface area (Å²) < 4.78 is 38.7. The lowest BCUT2D eigenvalue weighted by Gasteiger charge is -2.32. The highest BCUT2D eigenvalue weighted by molar-refractivity contribution is 7.52. The van der Waals surface area contributed by atoms with Gasteiger partial charge in [0.05, 0.1) is 19.0 Å². The zero-order chi connectivity index (χ0) is 27.7. The first-order valence-electron chi connectivity index (χ1n) is 11.8. The number of hydrogen-bond acceptors (Lipinski definition) is 11. The third-order valence-corrected chi connectivity index (χ3v) is 7.84. The van der Waals surface area contributed by atoms with Crippen molar-refractivity contribution in [3.63, 3.8) is 0 Å². The molecule has 0 spiro atoms. The molecular formula is C23H30ClN6O7P. The quantitative estimate of drug-likeness (QED) is 0.186. The fourth-order valence-corrected chi connectivity index (χ4v) is 6.23. The van der Waals surface area contributed by atoms with E-state index in [2.05, 4.69) is 20.0 Å². The Hall–Kier alpha value is -2.80.